The SMILES string of the molecule is CB(O)N1CCOC(c2ccc(N)cc2)C1. The van der Waals surface area contributed by atoms with Gasteiger partial charge in [0, 0.05) is 18.8 Å². The minimum absolute atomic E-state index is 0.0314. The van der Waals surface area contributed by atoms with Gasteiger partial charge >= 0.3 is 7.05 Å². The van der Waals surface area contributed by atoms with Crippen molar-refractivity contribution >= 4 is 12.7 Å². The van der Waals surface area contributed by atoms with Crippen molar-refractivity contribution in [1.82, 2.24) is 4.81 Å². The zero-order valence-electron chi connectivity index (χ0n) is 9.47. The Balaban J connectivity index is 2.06. The third-order valence-electron chi connectivity index (χ3n) is 2.93. The van der Waals surface area contributed by atoms with Crippen LogP contribution in [0.5, 0.6) is 0 Å². The van der Waals surface area contributed by atoms with E-state index < -0.39 is 7.05 Å². The van der Waals surface area contributed by atoms with Gasteiger partial charge in [0.2, 0.25) is 0 Å². The molecule has 0 bridgehead atoms. The van der Waals surface area contributed by atoms with E-state index in [0.29, 0.717) is 6.61 Å². The van der Waals surface area contributed by atoms with Crippen LogP contribution < -0.4 is 5.73 Å². The molecule has 4 nitrogen and oxygen atoms in total. The molecule has 0 amide bonds. The van der Waals surface area contributed by atoms with Gasteiger partial charge in [-0.1, -0.05) is 12.1 Å². The second-order valence-electron chi connectivity index (χ2n) is 4.15. The van der Waals surface area contributed by atoms with E-state index in [1.165, 1.54) is 0 Å². The van der Waals surface area contributed by atoms with Crippen molar-refractivity contribution in [1.29, 1.82) is 0 Å². The van der Waals surface area contributed by atoms with E-state index >= 15 is 0 Å². The van der Waals surface area contributed by atoms with Gasteiger partial charge in [-0.25, -0.2) is 0 Å². The monoisotopic (exact) mass is 220 g/mol. The Morgan fingerprint density at radius 2 is 2.12 bits per heavy atom. The average Bonchev–Trinajstić information content (AvgIpc) is 2.30. The molecule has 3 N–H and O–H groups in total. The summed E-state index contributed by atoms with van der Waals surface area (Å²) < 4.78 is 5.69. The molecular weight excluding hydrogens is 203 g/mol. The molecule has 1 saturated heterocycles. The molecular formula is C11H17BN2O2. The fraction of sp³-hybridized carbons (Fsp3) is 0.455. The number of nitrogens with zero attached hydrogens (tertiary/aromatic N) is 1. The van der Waals surface area contributed by atoms with Crippen LogP contribution in [0.15, 0.2) is 24.3 Å². The molecule has 1 aliphatic heterocycles. The van der Waals surface area contributed by atoms with E-state index in [4.69, 9.17) is 10.5 Å². The first-order chi connectivity index (χ1) is 7.66. The van der Waals surface area contributed by atoms with E-state index in [1.807, 2.05) is 29.1 Å². The molecule has 0 aromatic heterocycles. The zero-order chi connectivity index (χ0) is 11.5. The summed E-state index contributed by atoms with van der Waals surface area (Å²) in [6, 6.07) is 7.71. The number of anilines is 1. The van der Waals surface area contributed by atoms with Gasteiger partial charge in [0.1, 0.15) is 0 Å². The summed E-state index contributed by atoms with van der Waals surface area (Å²) in [6.07, 6.45) is 0.0314. The maximum Gasteiger partial charge on any atom is 0.376 e. The molecule has 86 valence electrons. The minimum atomic E-state index is -0.416. The normalized spacial score (nSPS) is 22.0. The molecule has 1 aromatic carbocycles. The van der Waals surface area contributed by atoms with Gasteiger partial charge in [0.05, 0.1) is 12.7 Å². The second kappa shape index (κ2) is 4.87. The van der Waals surface area contributed by atoms with E-state index in [9.17, 15) is 5.02 Å². The van der Waals surface area contributed by atoms with Gasteiger partial charge in [0.15, 0.2) is 0 Å². The van der Waals surface area contributed by atoms with Gasteiger partial charge in [0.25, 0.3) is 0 Å². The summed E-state index contributed by atoms with van der Waals surface area (Å²) in [5.41, 5.74) is 7.51. The highest BCUT2D eigenvalue weighted by Gasteiger charge is 2.26. The Morgan fingerprint density at radius 1 is 1.44 bits per heavy atom. The standard InChI is InChI=1S/C11H17BN2O2/c1-12(15)14-6-7-16-11(8-14)9-2-4-10(13)5-3-9/h2-5,11,15H,6-8,13H2,1H3. The van der Waals surface area contributed by atoms with Crippen LogP contribution in [0, 0.1) is 0 Å². The number of rotatable bonds is 2. The fourth-order valence-corrected chi connectivity index (χ4v) is 1.92. The van der Waals surface area contributed by atoms with Gasteiger partial charge < -0.3 is 20.3 Å². The summed E-state index contributed by atoms with van der Waals surface area (Å²) in [7, 11) is -0.416. The van der Waals surface area contributed by atoms with Crippen molar-refractivity contribution in [2.45, 2.75) is 12.9 Å². The molecule has 1 aromatic rings. The van der Waals surface area contributed by atoms with Gasteiger partial charge in [-0.15, -0.1) is 0 Å². The maximum atomic E-state index is 9.54. The molecule has 2 rings (SSSR count). The molecule has 1 unspecified atom stereocenters. The molecule has 0 spiro atoms. The number of nitrogens with two attached hydrogens (primary N) is 1. The van der Waals surface area contributed by atoms with Crippen molar-refractivity contribution < 1.29 is 9.76 Å². The van der Waals surface area contributed by atoms with Gasteiger partial charge in [-0.2, -0.15) is 0 Å². The highest BCUT2D eigenvalue weighted by atomic mass is 16.5. The summed E-state index contributed by atoms with van der Waals surface area (Å²) in [4.78, 5) is 2.00. The Labute approximate surface area is 96.1 Å². The topological polar surface area (TPSA) is 58.7 Å². The van der Waals surface area contributed by atoms with Crippen LogP contribution in [0.25, 0.3) is 0 Å². The third-order valence-corrected chi connectivity index (χ3v) is 2.93. The van der Waals surface area contributed by atoms with Crippen LogP contribution in [0.2, 0.25) is 6.82 Å². The lowest BCUT2D eigenvalue weighted by molar-refractivity contribution is -0.00805. The molecule has 1 atom stereocenters. The predicted molar refractivity (Wildman–Crippen MR) is 65.0 cm³/mol. The summed E-state index contributed by atoms with van der Waals surface area (Å²) in [6.45, 7) is 3.94. The lowest BCUT2D eigenvalue weighted by Gasteiger charge is -2.33. The van der Waals surface area contributed by atoms with Gasteiger partial charge in [-0.05, 0) is 24.5 Å². The third kappa shape index (κ3) is 2.55. The Bertz CT molecular complexity index is 342. The first kappa shape index (κ1) is 11.5. The lowest BCUT2D eigenvalue weighted by Crippen LogP contribution is -2.46. The van der Waals surface area contributed by atoms with E-state index in [-0.39, 0.29) is 6.10 Å². The minimum Gasteiger partial charge on any atom is -0.437 e. The number of benzene rings is 1. The fourth-order valence-electron chi connectivity index (χ4n) is 1.92. The highest BCUT2D eigenvalue weighted by molar-refractivity contribution is 6.45. The van der Waals surface area contributed by atoms with Crippen LogP contribution in [0.3, 0.4) is 0 Å². The highest BCUT2D eigenvalue weighted by Crippen LogP contribution is 2.23. The Hall–Kier alpha value is -1.04. The second-order valence-corrected chi connectivity index (χ2v) is 4.15. The largest absolute Gasteiger partial charge is 0.437 e. The van der Waals surface area contributed by atoms with Crippen LogP contribution in [-0.4, -0.2) is 36.6 Å². The first-order valence-electron chi connectivity index (χ1n) is 5.56. The van der Waals surface area contributed by atoms with Crippen LogP contribution in [0.4, 0.5) is 5.69 Å². The Morgan fingerprint density at radius 3 is 2.75 bits per heavy atom. The average molecular weight is 220 g/mol. The molecule has 0 radical (unpaired) electrons. The molecule has 0 aliphatic carbocycles. The quantitative estimate of drug-likeness (QED) is 0.570. The number of morpholine rings is 1. The van der Waals surface area contributed by atoms with E-state index in [0.717, 1.165) is 24.3 Å². The summed E-state index contributed by atoms with van der Waals surface area (Å²) >= 11 is 0. The van der Waals surface area contributed by atoms with Crippen molar-refractivity contribution in [2.75, 3.05) is 25.4 Å². The van der Waals surface area contributed by atoms with E-state index in [2.05, 4.69) is 0 Å². The first-order valence-corrected chi connectivity index (χ1v) is 5.56. The predicted octanol–water partition coefficient (Wildman–Crippen LogP) is 0.752. The van der Waals surface area contributed by atoms with Gasteiger partial charge in [-0.3, -0.25) is 0 Å². The van der Waals surface area contributed by atoms with Crippen LogP contribution in [0.1, 0.15) is 11.7 Å². The lowest BCUT2D eigenvalue weighted by atomic mass is 9.83. The van der Waals surface area contributed by atoms with Crippen molar-refractivity contribution in [2.24, 2.45) is 0 Å². The number of hydrogen-bond acceptors (Lipinski definition) is 4. The Kier molecular flexibility index (Phi) is 3.48. The molecule has 1 fully saturated rings. The number of ether oxygens (including phenoxy) is 1. The molecule has 16 heavy (non-hydrogen) atoms. The molecule has 0 saturated carbocycles. The zero-order valence-corrected chi connectivity index (χ0v) is 9.47. The smallest absolute Gasteiger partial charge is 0.376 e. The summed E-state index contributed by atoms with van der Waals surface area (Å²) in [5.74, 6) is 0. The number of hydrogen-bond donors (Lipinski definition) is 2. The van der Waals surface area contributed by atoms with E-state index in [1.54, 1.807) is 6.82 Å². The van der Waals surface area contributed by atoms with Crippen LogP contribution in [-0.2, 0) is 4.74 Å². The number of nitrogen functional groups attached to an aromatic ring is 1. The van der Waals surface area contributed by atoms with Crippen molar-refractivity contribution in [3.8, 4) is 0 Å². The van der Waals surface area contributed by atoms with Crippen molar-refractivity contribution in [3.05, 3.63) is 29.8 Å². The molecule has 5 heteroatoms. The molecule has 1 aliphatic rings. The molecule has 1 heterocycles. The summed E-state index contributed by atoms with van der Waals surface area (Å²) in [5, 5.41) is 9.54. The van der Waals surface area contributed by atoms with Crippen molar-refractivity contribution in [3.63, 3.8) is 0 Å². The maximum absolute atomic E-state index is 9.54. The van der Waals surface area contributed by atoms with Crippen LogP contribution >= 0.6 is 0 Å².